The van der Waals surface area contributed by atoms with Crippen LogP contribution in [-0.4, -0.2) is 38.8 Å². The van der Waals surface area contributed by atoms with Crippen LogP contribution >= 0.6 is 12.2 Å². The maximum atomic E-state index is 6.00. The standard InChI is InChI=1S/C27H32N4OS/c1-17-9-7-10-18(2)25(17)31-19(3)15-22(20(31)4)26-24(23-12-5-6-13-28-23)29-27(33)30(26)16-21-11-8-14-32-21/h5-7,9-10,12-13,15,21,24,26H,8,11,14,16H2,1-4H3,(H,29,33). The summed E-state index contributed by atoms with van der Waals surface area (Å²) in [7, 11) is 0. The molecule has 3 atom stereocenters. The van der Waals surface area contributed by atoms with E-state index in [9.17, 15) is 0 Å². The van der Waals surface area contributed by atoms with Gasteiger partial charge in [-0.05, 0) is 87.6 Å². The molecule has 2 fully saturated rings. The molecule has 1 aromatic carbocycles. The third-order valence-corrected chi connectivity index (χ3v) is 7.43. The van der Waals surface area contributed by atoms with E-state index in [1.165, 1.54) is 33.8 Å². The van der Waals surface area contributed by atoms with Crippen molar-refractivity contribution in [3.63, 3.8) is 0 Å². The van der Waals surface area contributed by atoms with Gasteiger partial charge in [-0.25, -0.2) is 0 Å². The zero-order valence-electron chi connectivity index (χ0n) is 19.8. The smallest absolute Gasteiger partial charge is 0.170 e. The van der Waals surface area contributed by atoms with Crippen LogP contribution in [0.1, 0.15) is 58.7 Å². The molecule has 2 aliphatic heterocycles. The second-order valence-corrected chi connectivity index (χ2v) is 9.70. The molecule has 2 aromatic heterocycles. The van der Waals surface area contributed by atoms with Crippen molar-refractivity contribution < 1.29 is 4.74 Å². The van der Waals surface area contributed by atoms with Crippen molar-refractivity contribution in [2.75, 3.05) is 13.2 Å². The molecule has 5 rings (SSSR count). The van der Waals surface area contributed by atoms with Crippen LogP contribution in [0.3, 0.4) is 0 Å². The van der Waals surface area contributed by atoms with Gasteiger partial charge in [0.25, 0.3) is 0 Å². The minimum Gasteiger partial charge on any atom is -0.376 e. The topological polar surface area (TPSA) is 42.3 Å². The average molecular weight is 461 g/mol. The van der Waals surface area contributed by atoms with Gasteiger partial charge in [0.05, 0.1) is 29.6 Å². The number of pyridine rings is 1. The molecule has 2 aliphatic rings. The Morgan fingerprint density at radius 3 is 2.55 bits per heavy atom. The molecule has 0 aliphatic carbocycles. The van der Waals surface area contributed by atoms with Crippen LogP contribution in [0.15, 0.2) is 48.7 Å². The lowest BCUT2D eigenvalue weighted by Crippen LogP contribution is -2.36. The number of para-hydroxylation sites is 1. The van der Waals surface area contributed by atoms with Gasteiger partial charge in [-0.2, -0.15) is 0 Å². The summed E-state index contributed by atoms with van der Waals surface area (Å²) in [6, 6.07) is 15.0. The summed E-state index contributed by atoms with van der Waals surface area (Å²) in [4.78, 5) is 7.03. The largest absolute Gasteiger partial charge is 0.376 e. The fourth-order valence-electron chi connectivity index (χ4n) is 5.54. The summed E-state index contributed by atoms with van der Waals surface area (Å²) in [6.45, 7) is 10.4. The van der Waals surface area contributed by atoms with E-state index in [0.717, 1.165) is 36.8 Å². The van der Waals surface area contributed by atoms with Crippen molar-refractivity contribution in [3.05, 3.63) is 82.4 Å². The molecule has 0 amide bonds. The van der Waals surface area contributed by atoms with Crippen LogP contribution in [-0.2, 0) is 4.74 Å². The van der Waals surface area contributed by atoms with E-state index in [1.54, 1.807) is 0 Å². The van der Waals surface area contributed by atoms with E-state index in [0.29, 0.717) is 0 Å². The van der Waals surface area contributed by atoms with Crippen molar-refractivity contribution >= 4 is 17.3 Å². The summed E-state index contributed by atoms with van der Waals surface area (Å²) in [5.74, 6) is 0. The van der Waals surface area contributed by atoms with Crippen LogP contribution < -0.4 is 5.32 Å². The zero-order chi connectivity index (χ0) is 23.1. The van der Waals surface area contributed by atoms with Crippen LogP contribution in [0.25, 0.3) is 5.69 Å². The number of hydrogen-bond acceptors (Lipinski definition) is 3. The Hall–Kier alpha value is -2.70. The number of rotatable bonds is 5. The predicted molar refractivity (Wildman–Crippen MR) is 136 cm³/mol. The van der Waals surface area contributed by atoms with Gasteiger partial charge < -0.3 is 19.5 Å². The number of thiocarbonyl (C=S) groups is 1. The first-order valence-corrected chi connectivity index (χ1v) is 12.2. The first-order chi connectivity index (χ1) is 16.0. The highest BCUT2D eigenvalue weighted by Crippen LogP contribution is 2.42. The Balaban J connectivity index is 1.62. The third-order valence-electron chi connectivity index (χ3n) is 7.07. The number of aromatic nitrogens is 2. The number of nitrogens with zero attached hydrogens (tertiary/aromatic N) is 3. The summed E-state index contributed by atoms with van der Waals surface area (Å²) in [5.41, 5.74) is 8.61. The van der Waals surface area contributed by atoms with E-state index in [-0.39, 0.29) is 18.2 Å². The molecule has 0 saturated carbocycles. The van der Waals surface area contributed by atoms with E-state index in [1.807, 2.05) is 18.3 Å². The normalized spacial score (nSPS) is 22.7. The Bertz CT molecular complexity index is 1150. The van der Waals surface area contributed by atoms with Crippen molar-refractivity contribution in [1.82, 2.24) is 19.8 Å². The van der Waals surface area contributed by atoms with Crippen molar-refractivity contribution in [2.24, 2.45) is 0 Å². The highest BCUT2D eigenvalue weighted by atomic mass is 32.1. The van der Waals surface area contributed by atoms with Crippen molar-refractivity contribution in [2.45, 2.75) is 58.7 Å². The van der Waals surface area contributed by atoms with Gasteiger partial charge in [-0.1, -0.05) is 24.3 Å². The molecular weight excluding hydrogens is 428 g/mol. The molecule has 4 heterocycles. The molecule has 3 unspecified atom stereocenters. The quantitative estimate of drug-likeness (QED) is 0.526. The fourth-order valence-corrected chi connectivity index (χ4v) is 5.85. The number of aryl methyl sites for hydroxylation is 3. The second kappa shape index (κ2) is 8.92. The summed E-state index contributed by atoms with van der Waals surface area (Å²) in [6.07, 6.45) is 4.28. The van der Waals surface area contributed by atoms with Crippen LogP contribution in [0, 0.1) is 27.7 Å². The van der Waals surface area contributed by atoms with Gasteiger partial charge in [0.15, 0.2) is 5.11 Å². The lowest BCUT2D eigenvalue weighted by molar-refractivity contribution is 0.0842. The van der Waals surface area contributed by atoms with Crippen LogP contribution in [0.2, 0.25) is 0 Å². The number of benzene rings is 1. The molecule has 0 spiro atoms. The highest BCUT2D eigenvalue weighted by molar-refractivity contribution is 7.80. The highest BCUT2D eigenvalue weighted by Gasteiger charge is 2.42. The lowest BCUT2D eigenvalue weighted by atomic mass is 9.96. The Morgan fingerprint density at radius 1 is 1.09 bits per heavy atom. The fraction of sp³-hybridized carbons (Fsp3) is 0.407. The van der Waals surface area contributed by atoms with Gasteiger partial charge in [-0.3, -0.25) is 4.98 Å². The molecule has 5 nitrogen and oxygen atoms in total. The molecular formula is C27H32N4OS. The van der Waals surface area contributed by atoms with Gasteiger partial charge in [0.1, 0.15) is 0 Å². The Kier molecular flexibility index (Phi) is 5.97. The third kappa shape index (κ3) is 3.96. The van der Waals surface area contributed by atoms with Gasteiger partial charge in [0.2, 0.25) is 0 Å². The summed E-state index contributed by atoms with van der Waals surface area (Å²) >= 11 is 5.87. The molecule has 6 heteroatoms. The SMILES string of the molecule is Cc1cccc(C)c1-n1c(C)cc(C2C(c3ccccn3)NC(=S)N2CC2CCCO2)c1C. The zero-order valence-corrected chi connectivity index (χ0v) is 20.7. The minimum absolute atomic E-state index is 0.00739. The molecule has 33 heavy (non-hydrogen) atoms. The van der Waals surface area contributed by atoms with Gasteiger partial charge in [0, 0.05) is 30.7 Å². The first-order valence-electron chi connectivity index (χ1n) is 11.8. The first kappa shape index (κ1) is 22.1. The molecule has 3 aromatic rings. The number of nitrogens with one attached hydrogen (secondary N) is 1. The Morgan fingerprint density at radius 2 is 1.88 bits per heavy atom. The Labute approximate surface area is 201 Å². The van der Waals surface area contributed by atoms with Gasteiger partial charge in [-0.15, -0.1) is 0 Å². The number of hydrogen-bond donors (Lipinski definition) is 1. The molecule has 172 valence electrons. The van der Waals surface area contributed by atoms with Crippen LogP contribution in [0.4, 0.5) is 0 Å². The molecule has 0 bridgehead atoms. The number of ether oxygens (including phenoxy) is 1. The molecule has 0 radical (unpaired) electrons. The molecule has 1 N–H and O–H groups in total. The van der Waals surface area contributed by atoms with E-state index in [2.05, 4.69) is 72.8 Å². The van der Waals surface area contributed by atoms with E-state index >= 15 is 0 Å². The summed E-state index contributed by atoms with van der Waals surface area (Å²) < 4.78 is 8.40. The lowest BCUT2D eigenvalue weighted by Gasteiger charge is -2.30. The van der Waals surface area contributed by atoms with Gasteiger partial charge >= 0.3 is 0 Å². The predicted octanol–water partition coefficient (Wildman–Crippen LogP) is 5.26. The van der Waals surface area contributed by atoms with Crippen molar-refractivity contribution in [3.8, 4) is 5.69 Å². The monoisotopic (exact) mass is 460 g/mol. The second-order valence-electron chi connectivity index (χ2n) is 9.32. The minimum atomic E-state index is -0.00739. The van der Waals surface area contributed by atoms with Crippen LogP contribution in [0.5, 0.6) is 0 Å². The maximum absolute atomic E-state index is 6.00. The molecule has 2 saturated heterocycles. The van der Waals surface area contributed by atoms with E-state index in [4.69, 9.17) is 21.9 Å². The van der Waals surface area contributed by atoms with E-state index < -0.39 is 0 Å². The maximum Gasteiger partial charge on any atom is 0.170 e. The summed E-state index contributed by atoms with van der Waals surface area (Å²) in [5, 5.41) is 4.37. The van der Waals surface area contributed by atoms with Crippen molar-refractivity contribution in [1.29, 1.82) is 0 Å². The average Bonchev–Trinajstić information content (AvgIpc) is 3.50.